The van der Waals surface area contributed by atoms with E-state index in [1.54, 1.807) is 6.07 Å². The first-order chi connectivity index (χ1) is 9.86. The number of aromatic nitrogens is 2. The molecule has 1 aliphatic rings. The molecule has 3 heteroatoms. The van der Waals surface area contributed by atoms with Crippen molar-refractivity contribution in [3.8, 4) is 11.3 Å². The number of hydrogen-bond donors (Lipinski definition) is 0. The zero-order valence-corrected chi connectivity index (χ0v) is 11.5. The van der Waals surface area contributed by atoms with Gasteiger partial charge in [-0.1, -0.05) is 43.5 Å². The average molecular weight is 266 g/mol. The quantitative estimate of drug-likeness (QED) is 0.788. The zero-order valence-electron chi connectivity index (χ0n) is 11.5. The Kier molecular flexibility index (Phi) is 3.86. The first kappa shape index (κ1) is 13.0. The van der Waals surface area contributed by atoms with Crippen LogP contribution in [0, 0.1) is 0 Å². The Bertz CT molecular complexity index is 586. The van der Waals surface area contributed by atoms with E-state index < -0.39 is 0 Å². The monoisotopic (exact) mass is 266 g/mol. The average Bonchev–Trinajstić information content (AvgIpc) is 2.56. The second-order valence-corrected chi connectivity index (χ2v) is 5.40. The number of rotatable bonds is 3. The summed E-state index contributed by atoms with van der Waals surface area (Å²) in [7, 11) is 0. The van der Waals surface area contributed by atoms with Crippen molar-refractivity contribution in [2.24, 2.45) is 0 Å². The molecule has 102 valence electrons. The van der Waals surface area contributed by atoms with Gasteiger partial charge in [0.25, 0.3) is 0 Å². The Balaban J connectivity index is 1.83. The summed E-state index contributed by atoms with van der Waals surface area (Å²) in [5.74, 6) is 0.716. The Morgan fingerprint density at radius 2 is 1.75 bits per heavy atom. The van der Waals surface area contributed by atoms with E-state index in [0.717, 1.165) is 17.5 Å². The third-order valence-corrected chi connectivity index (χ3v) is 4.09. The molecule has 3 nitrogen and oxygen atoms in total. The van der Waals surface area contributed by atoms with Gasteiger partial charge in [-0.05, 0) is 30.4 Å². The predicted molar refractivity (Wildman–Crippen MR) is 78.7 cm³/mol. The SMILES string of the molecule is O=Cc1cc(-c2ccc(C3CCCCC3)cc2)ncn1. The van der Waals surface area contributed by atoms with Crippen LogP contribution < -0.4 is 0 Å². The van der Waals surface area contributed by atoms with Crippen molar-refractivity contribution < 1.29 is 4.79 Å². The van der Waals surface area contributed by atoms with Crippen LogP contribution in [-0.2, 0) is 0 Å². The summed E-state index contributed by atoms with van der Waals surface area (Å²) in [6, 6.07) is 10.3. The van der Waals surface area contributed by atoms with Crippen LogP contribution in [-0.4, -0.2) is 16.3 Å². The lowest BCUT2D eigenvalue weighted by atomic mass is 9.84. The molecule has 0 aliphatic heterocycles. The van der Waals surface area contributed by atoms with Crippen molar-refractivity contribution in [3.63, 3.8) is 0 Å². The molecule has 1 aromatic heterocycles. The maximum Gasteiger partial charge on any atom is 0.168 e. The van der Waals surface area contributed by atoms with Gasteiger partial charge in [-0.3, -0.25) is 4.79 Å². The van der Waals surface area contributed by atoms with Gasteiger partial charge in [0.15, 0.2) is 6.29 Å². The summed E-state index contributed by atoms with van der Waals surface area (Å²) in [6.07, 6.45) is 8.88. The standard InChI is InChI=1S/C17H18N2O/c20-11-16-10-17(19-12-18-16)15-8-6-14(7-9-15)13-4-2-1-3-5-13/h6-13H,1-5H2. The summed E-state index contributed by atoms with van der Waals surface area (Å²) in [4.78, 5) is 18.9. The number of hydrogen-bond acceptors (Lipinski definition) is 3. The number of aldehydes is 1. The van der Waals surface area contributed by atoms with Crippen LogP contribution in [0.15, 0.2) is 36.7 Å². The largest absolute Gasteiger partial charge is 0.296 e. The van der Waals surface area contributed by atoms with Gasteiger partial charge in [-0.15, -0.1) is 0 Å². The minimum absolute atomic E-state index is 0.423. The highest BCUT2D eigenvalue weighted by atomic mass is 16.1. The van der Waals surface area contributed by atoms with Gasteiger partial charge in [0.1, 0.15) is 12.0 Å². The van der Waals surface area contributed by atoms with Gasteiger partial charge in [0.2, 0.25) is 0 Å². The van der Waals surface area contributed by atoms with Gasteiger partial charge >= 0.3 is 0 Å². The Morgan fingerprint density at radius 3 is 2.45 bits per heavy atom. The van der Waals surface area contributed by atoms with Crippen LogP contribution in [0.4, 0.5) is 0 Å². The van der Waals surface area contributed by atoms with E-state index in [-0.39, 0.29) is 0 Å². The van der Waals surface area contributed by atoms with E-state index in [4.69, 9.17) is 0 Å². The summed E-state index contributed by atoms with van der Waals surface area (Å²) in [5, 5.41) is 0. The van der Waals surface area contributed by atoms with Crippen molar-refractivity contribution in [1.82, 2.24) is 9.97 Å². The van der Waals surface area contributed by atoms with Crippen LogP contribution >= 0.6 is 0 Å². The van der Waals surface area contributed by atoms with Crippen molar-refractivity contribution in [1.29, 1.82) is 0 Å². The number of nitrogens with zero attached hydrogens (tertiary/aromatic N) is 2. The molecule has 0 unspecified atom stereocenters. The molecule has 2 aromatic rings. The molecule has 0 radical (unpaired) electrons. The highest BCUT2D eigenvalue weighted by Crippen LogP contribution is 2.33. The molecule has 20 heavy (non-hydrogen) atoms. The van der Waals surface area contributed by atoms with Crippen LogP contribution in [0.1, 0.15) is 54.1 Å². The molecule has 1 fully saturated rings. The molecular weight excluding hydrogens is 248 g/mol. The topological polar surface area (TPSA) is 42.9 Å². The molecule has 1 aromatic carbocycles. The van der Waals surface area contributed by atoms with Gasteiger partial charge < -0.3 is 0 Å². The zero-order chi connectivity index (χ0) is 13.8. The lowest BCUT2D eigenvalue weighted by Crippen LogP contribution is -2.04. The molecular formula is C17H18N2O. The molecule has 0 spiro atoms. The van der Waals surface area contributed by atoms with Gasteiger partial charge in [0.05, 0.1) is 5.69 Å². The van der Waals surface area contributed by atoms with Gasteiger partial charge in [0, 0.05) is 5.56 Å². The van der Waals surface area contributed by atoms with E-state index >= 15 is 0 Å². The third kappa shape index (κ3) is 2.77. The van der Waals surface area contributed by atoms with E-state index in [1.807, 2.05) is 0 Å². The number of carbonyl (C=O) groups is 1. The van der Waals surface area contributed by atoms with Crippen molar-refractivity contribution in [2.75, 3.05) is 0 Å². The fourth-order valence-electron chi connectivity index (χ4n) is 2.96. The molecule has 1 saturated carbocycles. The predicted octanol–water partition coefficient (Wildman–Crippen LogP) is 4.00. The van der Waals surface area contributed by atoms with Crippen LogP contribution in [0.25, 0.3) is 11.3 Å². The molecule has 0 N–H and O–H groups in total. The third-order valence-electron chi connectivity index (χ3n) is 4.09. The van der Waals surface area contributed by atoms with E-state index in [9.17, 15) is 4.79 Å². The maximum absolute atomic E-state index is 10.8. The van der Waals surface area contributed by atoms with Gasteiger partial charge in [-0.2, -0.15) is 0 Å². The van der Waals surface area contributed by atoms with Crippen LogP contribution in [0.2, 0.25) is 0 Å². The number of carbonyl (C=O) groups excluding carboxylic acids is 1. The van der Waals surface area contributed by atoms with Crippen LogP contribution in [0.3, 0.4) is 0 Å². The minimum Gasteiger partial charge on any atom is -0.296 e. The normalized spacial score (nSPS) is 16.0. The fraction of sp³-hybridized carbons (Fsp3) is 0.353. The highest BCUT2D eigenvalue weighted by Gasteiger charge is 2.15. The molecule has 0 saturated heterocycles. The van der Waals surface area contributed by atoms with Crippen molar-refractivity contribution in [3.05, 3.63) is 47.9 Å². The Hall–Kier alpha value is -2.03. The first-order valence-electron chi connectivity index (χ1n) is 7.24. The molecule has 3 rings (SSSR count). The smallest absolute Gasteiger partial charge is 0.168 e. The van der Waals surface area contributed by atoms with E-state index in [1.165, 1.54) is 44.0 Å². The fourth-order valence-corrected chi connectivity index (χ4v) is 2.96. The summed E-state index contributed by atoms with van der Waals surface area (Å²) >= 11 is 0. The second kappa shape index (κ2) is 5.95. The van der Waals surface area contributed by atoms with E-state index in [0.29, 0.717) is 11.6 Å². The second-order valence-electron chi connectivity index (χ2n) is 5.40. The summed E-state index contributed by atoms with van der Waals surface area (Å²) in [5.41, 5.74) is 3.69. The molecule has 1 heterocycles. The van der Waals surface area contributed by atoms with Crippen molar-refractivity contribution in [2.45, 2.75) is 38.0 Å². The maximum atomic E-state index is 10.8. The molecule has 0 bridgehead atoms. The first-order valence-corrected chi connectivity index (χ1v) is 7.24. The van der Waals surface area contributed by atoms with Crippen molar-refractivity contribution >= 4 is 6.29 Å². The molecule has 0 atom stereocenters. The molecule has 0 amide bonds. The van der Waals surface area contributed by atoms with Gasteiger partial charge in [-0.25, -0.2) is 9.97 Å². The Labute approximate surface area is 119 Å². The van der Waals surface area contributed by atoms with Crippen LogP contribution in [0.5, 0.6) is 0 Å². The Morgan fingerprint density at radius 1 is 1.00 bits per heavy atom. The lowest BCUT2D eigenvalue weighted by Gasteiger charge is -2.22. The highest BCUT2D eigenvalue weighted by molar-refractivity contribution is 5.74. The van der Waals surface area contributed by atoms with E-state index in [2.05, 4.69) is 34.2 Å². The lowest BCUT2D eigenvalue weighted by molar-refractivity contribution is 0.111. The molecule has 1 aliphatic carbocycles. The summed E-state index contributed by atoms with van der Waals surface area (Å²) < 4.78 is 0. The number of benzene rings is 1. The minimum atomic E-state index is 0.423. The summed E-state index contributed by atoms with van der Waals surface area (Å²) in [6.45, 7) is 0.